The molecule has 2 rings (SSSR count). The van der Waals surface area contributed by atoms with Crippen molar-refractivity contribution < 1.29 is 0 Å². The molecule has 0 N–H and O–H groups in total. The molecule has 0 fully saturated rings. The third-order valence-corrected chi connectivity index (χ3v) is 3.18. The van der Waals surface area contributed by atoms with Crippen LogP contribution in [0, 0.1) is 5.92 Å². The molecule has 6 heteroatoms. The van der Waals surface area contributed by atoms with E-state index in [4.69, 9.17) is 23.2 Å². The second kappa shape index (κ2) is 5.67. The zero-order chi connectivity index (χ0) is 13.1. The number of hydrogen-bond acceptors (Lipinski definition) is 3. The Morgan fingerprint density at radius 3 is 2.72 bits per heavy atom. The highest BCUT2D eigenvalue weighted by Gasteiger charge is 2.17. The number of hydrogen-bond donors (Lipinski definition) is 0. The van der Waals surface area contributed by atoms with Gasteiger partial charge in [-0.05, 0) is 12.3 Å². The highest BCUT2D eigenvalue weighted by atomic mass is 35.5. The molecule has 0 aliphatic heterocycles. The van der Waals surface area contributed by atoms with Crippen molar-refractivity contribution in [3.8, 4) is 5.82 Å². The predicted molar refractivity (Wildman–Crippen MR) is 72.3 cm³/mol. The topological polar surface area (TPSA) is 43.6 Å². The first-order valence-corrected chi connectivity index (χ1v) is 6.63. The summed E-state index contributed by atoms with van der Waals surface area (Å²) >= 11 is 12.3. The van der Waals surface area contributed by atoms with Gasteiger partial charge in [0.15, 0.2) is 5.82 Å². The van der Waals surface area contributed by atoms with Crippen LogP contribution in [0.3, 0.4) is 0 Å². The molecule has 0 unspecified atom stereocenters. The first kappa shape index (κ1) is 13.3. The van der Waals surface area contributed by atoms with Crippen molar-refractivity contribution in [2.45, 2.75) is 26.1 Å². The first-order chi connectivity index (χ1) is 8.63. The monoisotopic (exact) mass is 284 g/mol. The standard InChI is InChI=1S/C12H14Cl2N4/c1-8(2)5-10-9(6-13)12(14)18(17-10)11-3-4-15-7-16-11/h3-4,7-8H,5-6H2,1-2H3. The third kappa shape index (κ3) is 2.65. The Hall–Kier alpha value is -1.13. The van der Waals surface area contributed by atoms with Crippen LogP contribution in [0.2, 0.25) is 5.15 Å². The van der Waals surface area contributed by atoms with Gasteiger partial charge in [0.1, 0.15) is 11.5 Å². The van der Waals surface area contributed by atoms with E-state index in [1.165, 1.54) is 6.33 Å². The summed E-state index contributed by atoms with van der Waals surface area (Å²) in [5.41, 5.74) is 1.81. The van der Waals surface area contributed by atoms with Gasteiger partial charge in [-0.3, -0.25) is 0 Å². The number of alkyl halides is 1. The van der Waals surface area contributed by atoms with Crippen LogP contribution >= 0.6 is 23.2 Å². The average Bonchev–Trinajstić information content (AvgIpc) is 2.66. The quantitative estimate of drug-likeness (QED) is 0.810. The van der Waals surface area contributed by atoms with Gasteiger partial charge < -0.3 is 0 Å². The molecule has 0 aliphatic rings. The molecule has 0 aromatic carbocycles. The van der Waals surface area contributed by atoms with E-state index in [0.29, 0.717) is 22.8 Å². The molecule has 96 valence electrons. The molecule has 2 heterocycles. The zero-order valence-electron chi connectivity index (χ0n) is 10.3. The van der Waals surface area contributed by atoms with Crippen LogP contribution in [0.1, 0.15) is 25.1 Å². The van der Waals surface area contributed by atoms with Gasteiger partial charge in [-0.2, -0.15) is 5.10 Å². The van der Waals surface area contributed by atoms with E-state index in [9.17, 15) is 0 Å². The van der Waals surface area contributed by atoms with Crippen LogP contribution in [0.25, 0.3) is 5.82 Å². The van der Waals surface area contributed by atoms with E-state index in [1.54, 1.807) is 16.9 Å². The Kier molecular flexibility index (Phi) is 4.19. The van der Waals surface area contributed by atoms with Crippen LogP contribution in [-0.2, 0) is 12.3 Å². The van der Waals surface area contributed by atoms with E-state index < -0.39 is 0 Å². The third-order valence-electron chi connectivity index (χ3n) is 2.52. The smallest absolute Gasteiger partial charge is 0.158 e. The molecular formula is C12H14Cl2N4. The molecule has 0 amide bonds. The molecule has 18 heavy (non-hydrogen) atoms. The zero-order valence-corrected chi connectivity index (χ0v) is 11.8. The molecule has 0 atom stereocenters. The van der Waals surface area contributed by atoms with E-state index in [2.05, 4.69) is 28.9 Å². The highest BCUT2D eigenvalue weighted by molar-refractivity contribution is 6.31. The summed E-state index contributed by atoms with van der Waals surface area (Å²) in [6.45, 7) is 4.27. The van der Waals surface area contributed by atoms with E-state index in [1.807, 2.05) is 0 Å². The Labute approximate surface area is 116 Å². The van der Waals surface area contributed by atoms with Crippen molar-refractivity contribution in [2.24, 2.45) is 5.92 Å². The minimum Gasteiger partial charge on any atom is -0.245 e. The molecule has 2 aromatic rings. The van der Waals surface area contributed by atoms with Crippen LogP contribution < -0.4 is 0 Å². The van der Waals surface area contributed by atoms with Crippen molar-refractivity contribution in [3.63, 3.8) is 0 Å². The van der Waals surface area contributed by atoms with Crippen molar-refractivity contribution in [2.75, 3.05) is 0 Å². The van der Waals surface area contributed by atoms with Crippen molar-refractivity contribution in [3.05, 3.63) is 35.0 Å². The van der Waals surface area contributed by atoms with Crippen molar-refractivity contribution >= 4 is 23.2 Å². The summed E-state index contributed by atoms with van der Waals surface area (Å²) in [5.74, 6) is 1.50. The number of aromatic nitrogens is 4. The molecule has 4 nitrogen and oxygen atoms in total. The molecule has 0 saturated carbocycles. The fourth-order valence-electron chi connectivity index (χ4n) is 1.72. The van der Waals surface area contributed by atoms with E-state index in [-0.39, 0.29) is 0 Å². The highest BCUT2D eigenvalue weighted by Crippen LogP contribution is 2.26. The summed E-state index contributed by atoms with van der Waals surface area (Å²) in [5, 5.41) is 5.03. The van der Waals surface area contributed by atoms with Gasteiger partial charge in [-0.1, -0.05) is 25.4 Å². The molecule has 0 radical (unpaired) electrons. The maximum Gasteiger partial charge on any atom is 0.158 e. The lowest BCUT2D eigenvalue weighted by Gasteiger charge is -2.02. The molecule has 0 aliphatic carbocycles. The Bertz CT molecular complexity index is 522. The molecular weight excluding hydrogens is 271 g/mol. The van der Waals surface area contributed by atoms with Crippen LogP contribution in [-0.4, -0.2) is 19.7 Å². The lowest BCUT2D eigenvalue weighted by molar-refractivity contribution is 0.625. The minimum atomic E-state index is 0.353. The lowest BCUT2D eigenvalue weighted by Crippen LogP contribution is -2.01. The predicted octanol–water partition coefficient (Wildman–Crippen LogP) is 3.25. The lowest BCUT2D eigenvalue weighted by atomic mass is 10.1. The summed E-state index contributed by atoms with van der Waals surface area (Å²) in [4.78, 5) is 8.02. The van der Waals surface area contributed by atoms with Crippen molar-refractivity contribution in [1.29, 1.82) is 0 Å². The molecule has 2 aromatic heterocycles. The van der Waals surface area contributed by atoms with Gasteiger partial charge in [0, 0.05) is 17.8 Å². The normalized spacial score (nSPS) is 11.2. The van der Waals surface area contributed by atoms with E-state index in [0.717, 1.165) is 17.7 Å². The molecule has 0 spiro atoms. The van der Waals surface area contributed by atoms with Crippen LogP contribution in [0.5, 0.6) is 0 Å². The Morgan fingerprint density at radius 2 is 2.17 bits per heavy atom. The van der Waals surface area contributed by atoms with Gasteiger partial charge in [0.25, 0.3) is 0 Å². The average molecular weight is 285 g/mol. The number of rotatable bonds is 4. The summed E-state index contributed by atoms with van der Waals surface area (Å²) in [6.07, 6.45) is 3.97. The largest absolute Gasteiger partial charge is 0.245 e. The number of halogens is 2. The van der Waals surface area contributed by atoms with E-state index >= 15 is 0 Å². The Morgan fingerprint density at radius 1 is 1.39 bits per heavy atom. The van der Waals surface area contributed by atoms with Crippen LogP contribution in [0.4, 0.5) is 0 Å². The Balaban J connectivity index is 2.47. The summed E-state index contributed by atoms with van der Waals surface area (Å²) in [7, 11) is 0. The summed E-state index contributed by atoms with van der Waals surface area (Å²) < 4.78 is 1.61. The van der Waals surface area contributed by atoms with Gasteiger partial charge >= 0.3 is 0 Å². The maximum atomic E-state index is 6.30. The van der Waals surface area contributed by atoms with Gasteiger partial charge in [0.2, 0.25) is 0 Å². The van der Waals surface area contributed by atoms with Crippen molar-refractivity contribution in [1.82, 2.24) is 19.7 Å². The summed E-state index contributed by atoms with van der Waals surface area (Å²) in [6, 6.07) is 1.76. The first-order valence-electron chi connectivity index (χ1n) is 5.72. The van der Waals surface area contributed by atoms with Crippen LogP contribution in [0.15, 0.2) is 18.6 Å². The van der Waals surface area contributed by atoms with Gasteiger partial charge in [-0.15, -0.1) is 11.6 Å². The van der Waals surface area contributed by atoms with Gasteiger partial charge in [-0.25, -0.2) is 14.6 Å². The molecule has 0 bridgehead atoms. The van der Waals surface area contributed by atoms with Gasteiger partial charge in [0.05, 0.1) is 11.6 Å². The fraction of sp³-hybridized carbons (Fsp3) is 0.417. The fourth-order valence-corrected chi connectivity index (χ4v) is 2.37. The number of nitrogens with zero attached hydrogens (tertiary/aromatic N) is 4. The maximum absolute atomic E-state index is 6.30. The second-order valence-electron chi connectivity index (χ2n) is 4.43. The second-order valence-corrected chi connectivity index (χ2v) is 5.05. The minimum absolute atomic E-state index is 0.353. The molecule has 0 saturated heterocycles. The SMILES string of the molecule is CC(C)Cc1nn(-c2ccncn2)c(Cl)c1CCl.